The second-order valence-electron chi connectivity index (χ2n) is 6.21. The van der Waals surface area contributed by atoms with Gasteiger partial charge in [-0.2, -0.15) is 0 Å². The molecule has 0 aliphatic rings. The minimum Gasteiger partial charge on any atom is -0.481 e. The second-order valence-corrected chi connectivity index (χ2v) is 11.8. The molecule has 0 unspecified atom stereocenters. The highest BCUT2D eigenvalue weighted by Crippen LogP contribution is 2.18. The Kier molecular flexibility index (Phi) is 4.62. The molecule has 0 N–H and O–H groups in total. The lowest BCUT2D eigenvalue weighted by Gasteiger charge is -2.15. The fourth-order valence-corrected chi connectivity index (χ4v) is 2.60. The standard InChI is InChI=1S/C16H21NO3Si/c1-19-15-8-6-12-11-13(5-7-14(12)17-15)16(18)20-9-10-21(2,3)4/h5-8,11H,9-10H2,1-4H3. The maximum atomic E-state index is 12.0. The number of esters is 1. The van der Waals surface area contributed by atoms with Gasteiger partial charge < -0.3 is 9.47 Å². The first-order valence-corrected chi connectivity index (χ1v) is 10.7. The Bertz CT molecular complexity index is 650. The van der Waals surface area contributed by atoms with Crippen LogP contribution in [0.2, 0.25) is 25.7 Å². The molecular formula is C16H21NO3Si. The third-order valence-corrected chi connectivity index (χ3v) is 4.90. The van der Waals surface area contributed by atoms with Gasteiger partial charge in [0.1, 0.15) is 0 Å². The highest BCUT2D eigenvalue weighted by Gasteiger charge is 2.15. The monoisotopic (exact) mass is 303 g/mol. The third kappa shape index (κ3) is 4.29. The number of aromatic nitrogens is 1. The van der Waals surface area contributed by atoms with Crippen molar-refractivity contribution in [2.45, 2.75) is 25.7 Å². The summed E-state index contributed by atoms with van der Waals surface area (Å²) >= 11 is 0. The molecule has 0 bridgehead atoms. The number of rotatable bonds is 5. The van der Waals surface area contributed by atoms with Gasteiger partial charge in [0.15, 0.2) is 0 Å². The Labute approximate surface area is 126 Å². The number of pyridine rings is 1. The van der Waals surface area contributed by atoms with Crippen molar-refractivity contribution in [3.8, 4) is 5.88 Å². The van der Waals surface area contributed by atoms with E-state index in [1.54, 1.807) is 25.3 Å². The van der Waals surface area contributed by atoms with Crippen LogP contribution in [0.15, 0.2) is 30.3 Å². The SMILES string of the molecule is COc1ccc2cc(C(=O)OCC[Si](C)(C)C)ccc2n1. The number of hydrogen-bond acceptors (Lipinski definition) is 4. The molecule has 1 aromatic heterocycles. The van der Waals surface area contributed by atoms with Gasteiger partial charge in [-0.05, 0) is 30.3 Å². The summed E-state index contributed by atoms with van der Waals surface area (Å²) in [7, 11) is 0.401. The quantitative estimate of drug-likeness (QED) is 0.623. The number of carbonyl (C=O) groups is 1. The first-order chi connectivity index (χ1) is 9.89. The molecule has 0 aliphatic carbocycles. The predicted octanol–water partition coefficient (Wildman–Crippen LogP) is 3.74. The number of methoxy groups -OCH3 is 1. The van der Waals surface area contributed by atoms with Gasteiger partial charge in [-0.1, -0.05) is 19.6 Å². The van der Waals surface area contributed by atoms with Crippen LogP contribution >= 0.6 is 0 Å². The van der Waals surface area contributed by atoms with Crippen LogP contribution in [0.5, 0.6) is 5.88 Å². The summed E-state index contributed by atoms with van der Waals surface area (Å²) < 4.78 is 10.4. The number of benzene rings is 1. The molecule has 0 saturated heterocycles. The molecule has 2 rings (SSSR count). The summed E-state index contributed by atoms with van der Waals surface area (Å²) in [4.78, 5) is 16.4. The summed E-state index contributed by atoms with van der Waals surface area (Å²) in [5, 5.41) is 0.899. The lowest BCUT2D eigenvalue weighted by Crippen LogP contribution is -2.22. The second kappa shape index (κ2) is 6.26. The van der Waals surface area contributed by atoms with Crippen LogP contribution in [-0.4, -0.2) is 32.7 Å². The normalized spacial score (nSPS) is 11.4. The van der Waals surface area contributed by atoms with E-state index in [1.165, 1.54) is 0 Å². The molecule has 2 aromatic rings. The Morgan fingerprint density at radius 1 is 1.19 bits per heavy atom. The van der Waals surface area contributed by atoms with Crippen molar-refractivity contribution in [3.63, 3.8) is 0 Å². The lowest BCUT2D eigenvalue weighted by atomic mass is 10.1. The molecule has 0 atom stereocenters. The number of nitrogens with zero attached hydrogens (tertiary/aromatic N) is 1. The largest absolute Gasteiger partial charge is 0.481 e. The summed E-state index contributed by atoms with van der Waals surface area (Å²) in [6.07, 6.45) is 0. The van der Waals surface area contributed by atoms with Crippen molar-refractivity contribution in [2.24, 2.45) is 0 Å². The summed E-state index contributed by atoms with van der Waals surface area (Å²) in [6, 6.07) is 10.0. The van der Waals surface area contributed by atoms with E-state index in [1.807, 2.05) is 12.1 Å². The molecule has 0 amide bonds. The van der Waals surface area contributed by atoms with Gasteiger partial charge >= 0.3 is 5.97 Å². The van der Waals surface area contributed by atoms with E-state index in [4.69, 9.17) is 9.47 Å². The van der Waals surface area contributed by atoms with Gasteiger partial charge in [-0.3, -0.25) is 0 Å². The van der Waals surface area contributed by atoms with E-state index in [9.17, 15) is 4.79 Å². The molecule has 0 aliphatic heterocycles. The van der Waals surface area contributed by atoms with Crippen molar-refractivity contribution in [3.05, 3.63) is 35.9 Å². The molecule has 1 aromatic carbocycles. The number of carbonyl (C=O) groups excluding carboxylic acids is 1. The molecule has 0 fully saturated rings. The van der Waals surface area contributed by atoms with Crippen LogP contribution in [-0.2, 0) is 4.74 Å². The number of ether oxygens (including phenoxy) is 2. The summed E-state index contributed by atoms with van der Waals surface area (Å²) in [5.74, 6) is 0.291. The highest BCUT2D eigenvalue weighted by atomic mass is 28.3. The Hall–Kier alpha value is -1.88. The molecule has 112 valence electrons. The fourth-order valence-electron chi connectivity index (χ4n) is 1.88. The van der Waals surface area contributed by atoms with E-state index in [2.05, 4.69) is 24.6 Å². The van der Waals surface area contributed by atoms with Gasteiger partial charge in [-0.25, -0.2) is 9.78 Å². The van der Waals surface area contributed by atoms with E-state index in [0.29, 0.717) is 18.1 Å². The number of hydrogen-bond donors (Lipinski definition) is 0. The molecule has 4 nitrogen and oxygen atoms in total. The van der Waals surface area contributed by atoms with E-state index >= 15 is 0 Å². The Balaban J connectivity index is 2.10. The first-order valence-electron chi connectivity index (χ1n) is 7.01. The molecule has 1 heterocycles. The lowest BCUT2D eigenvalue weighted by molar-refractivity contribution is 0.0525. The van der Waals surface area contributed by atoms with Crippen LogP contribution in [0.25, 0.3) is 10.9 Å². The Morgan fingerprint density at radius 3 is 2.62 bits per heavy atom. The van der Waals surface area contributed by atoms with Crippen LogP contribution in [0, 0.1) is 0 Å². The average molecular weight is 303 g/mol. The van der Waals surface area contributed by atoms with Crippen molar-refractivity contribution in [1.82, 2.24) is 4.98 Å². The highest BCUT2D eigenvalue weighted by molar-refractivity contribution is 6.76. The molecule has 5 heteroatoms. The molecule has 0 saturated carbocycles. The van der Waals surface area contributed by atoms with Crippen LogP contribution in [0.3, 0.4) is 0 Å². The fraction of sp³-hybridized carbons (Fsp3) is 0.375. The zero-order chi connectivity index (χ0) is 15.5. The molecule has 21 heavy (non-hydrogen) atoms. The number of fused-ring (bicyclic) bond motifs is 1. The zero-order valence-electron chi connectivity index (χ0n) is 13.0. The third-order valence-electron chi connectivity index (χ3n) is 3.19. The molecule has 0 radical (unpaired) electrons. The zero-order valence-corrected chi connectivity index (χ0v) is 14.0. The van der Waals surface area contributed by atoms with Crippen molar-refractivity contribution in [1.29, 1.82) is 0 Å². The van der Waals surface area contributed by atoms with Gasteiger partial charge in [0, 0.05) is 19.5 Å². The predicted molar refractivity (Wildman–Crippen MR) is 86.7 cm³/mol. The van der Waals surface area contributed by atoms with Crippen molar-refractivity contribution >= 4 is 24.9 Å². The van der Waals surface area contributed by atoms with Gasteiger partial charge in [0.2, 0.25) is 5.88 Å². The van der Waals surface area contributed by atoms with Gasteiger partial charge in [0.05, 0.1) is 24.8 Å². The topological polar surface area (TPSA) is 48.4 Å². The van der Waals surface area contributed by atoms with E-state index in [0.717, 1.165) is 16.9 Å². The van der Waals surface area contributed by atoms with Gasteiger partial charge in [0.25, 0.3) is 0 Å². The maximum Gasteiger partial charge on any atom is 0.338 e. The minimum absolute atomic E-state index is 0.272. The van der Waals surface area contributed by atoms with Crippen LogP contribution in [0.1, 0.15) is 10.4 Å². The smallest absolute Gasteiger partial charge is 0.338 e. The van der Waals surface area contributed by atoms with E-state index < -0.39 is 8.07 Å². The maximum absolute atomic E-state index is 12.0. The van der Waals surface area contributed by atoms with Crippen molar-refractivity contribution < 1.29 is 14.3 Å². The molecular weight excluding hydrogens is 282 g/mol. The van der Waals surface area contributed by atoms with Crippen LogP contribution in [0.4, 0.5) is 0 Å². The molecule has 0 spiro atoms. The van der Waals surface area contributed by atoms with Crippen molar-refractivity contribution in [2.75, 3.05) is 13.7 Å². The summed E-state index contributed by atoms with van der Waals surface area (Å²) in [5.41, 5.74) is 1.36. The van der Waals surface area contributed by atoms with E-state index in [-0.39, 0.29) is 5.97 Å². The average Bonchev–Trinajstić information content (AvgIpc) is 2.44. The summed E-state index contributed by atoms with van der Waals surface area (Å²) in [6.45, 7) is 7.27. The minimum atomic E-state index is -1.18. The van der Waals surface area contributed by atoms with Gasteiger partial charge in [-0.15, -0.1) is 0 Å². The first kappa shape index (κ1) is 15.5. The van der Waals surface area contributed by atoms with Crippen LogP contribution < -0.4 is 4.74 Å². The Morgan fingerprint density at radius 2 is 1.95 bits per heavy atom.